The highest BCUT2D eigenvalue weighted by atomic mass is 35.5. The first kappa shape index (κ1) is 16.8. The van der Waals surface area contributed by atoms with E-state index in [-0.39, 0.29) is 12.5 Å². The van der Waals surface area contributed by atoms with Gasteiger partial charge < -0.3 is 15.3 Å². The first-order valence-electron chi connectivity index (χ1n) is 8.19. The van der Waals surface area contributed by atoms with Crippen molar-refractivity contribution in [1.82, 2.24) is 4.90 Å². The molecule has 0 unspecified atom stereocenters. The molecule has 1 atom stereocenters. The van der Waals surface area contributed by atoms with Gasteiger partial charge in [-0.3, -0.25) is 4.79 Å². The molecule has 0 aliphatic carbocycles. The maximum atomic E-state index is 12.2. The van der Waals surface area contributed by atoms with Gasteiger partial charge in [0.25, 0.3) is 0 Å². The van der Waals surface area contributed by atoms with Crippen LogP contribution in [0.15, 0.2) is 48.5 Å². The zero-order valence-corrected chi connectivity index (χ0v) is 14.2. The van der Waals surface area contributed by atoms with Gasteiger partial charge in [-0.1, -0.05) is 41.9 Å². The topological polar surface area (TPSA) is 52.6 Å². The van der Waals surface area contributed by atoms with Gasteiger partial charge in [0, 0.05) is 29.4 Å². The van der Waals surface area contributed by atoms with Crippen LogP contribution in [0, 0.1) is 0 Å². The zero-order chi connectivity index (χ0) is 16.9. The van der Waals surface area contributed by atoms with Gasteiger partial charge in [-0.15, -0.1) is 0 Å². The number of rotatable bonds is 5. The Morgan fingerprint density at radius 2 is 1.88 bits per heavy atom. The molecule has 4 nitrogen and oxygen atoms in total. The third-order valence-electron chi connectivity index (χ3n) is 4.31. The van der Waals surface area contributed by atoms with Gasteiger partial charge in [0.05, 0.1) is 6.54 Å². The maximum absolute atomic E-state index is 12.2. The summed E-state index contributed by atoms with van der Waals surface area (Å²) < 4.78 is 0. The number of nitrogens with one attached hydrogen (secondary N) is 1. The number of carbonyl (C=O) groups is 1. The third kappa shape index (κ3) is 3.89. The van der Waals surface area contributed by atoms with Crippen molar-refractivity contribution in [1.29, 1.82) is 0 Å². The summed E-state index contributed by atoms with van der Waals surface area (Å²) in [5, 5.41) is 14.4. The highest BCUT2D eigenvalue weighted by Crippen LogP contribution is 2.30. The van der Waals surface area contributed by atoms with Crippen LogP contribution in [-0.2, 0) is 4.79 Å². The number of hydrogen-bond donors (Lipinski definition) is 2. The number of anilines is 1. The second kappa shape index (κ2) is 7.69. The SMILES string of the molecule is O=C(CNc1ccc(Cl)cc1[C@@H](O)c1ccccc1)N1CCCC1. The number of aliphatic hydroxyl groups is 1. The van der Waals surface area contributed by atoms with Gasteiger partial charge in [0.15, 0.2) is 0 Å². The Morgan fingerprint density at radius 1 is 1.17 bits per heavy atom. The molecule has 3 rings (SSSR count). The summed E-state index contributed by atoms with van der Waals surface area (Å²) >= 11 is 6.10. The Labute approximate surface area is 147 Å². The lowest BCUT2D eigenvalue weighted by atomic mass is 10.00. The molecule has 2 aromatic carbocycles. The number of halogens is 1. The highest BCUT2D eigenvalue weighted by molar-refractivity contribution is 6.30. The molecule has 5 heteroatoms. The molecule has 1 amide bonds. The summed E-state index contributed by atoms with van der Waals surface area (Å²) in [6.07, 6.45) is 1.35. The largest absolute Gasteiger partial charge is 0.384 e. The molecule has 1 aliphatic heterocycles. The van der Waals surface area contributed by atoms with Crippen LogP contribution in [0.2, 0.25) is 5.02 Å². The molecule has 2 N–H and O–H groups in total. The molecular formula is C19H21ClN2O2. The van der Waals surface area contributed by atoms with E-state index in [4.69, 9.17) is 11.6 Å². The Kier molecular flexibility index (Phi) is 5.38. The Bertz CT molecular complexity index is 700. The Balaban J connectivity index is 1.76. The van der Waals surface area contributed by atoms with Gasteiger partial charge in [-0.25, -0.2) is 0 Å². The van der Waals surface area contributed by atoms with Crippen LogP contribution >= 0.6 is 11.6 Å². The van der Waals surface area contributed by atoms with Crippen molar-refractivity contribution >= 4 is 23.2 Å². The van der Waals surface area contributed by atoms with E-state index in [1.165, 1.54) is 0 Å². The minimum absolute atomic E-state index is 0.0857. The summed E-state index contributed by atoms with van der Waals surface area (Å²) in [5.41, 5.74) is 2.18. The fraction of sp³-hybridized carbons (Fsp3) is 0.316. The summed E-state index contributed by atoms with van der Waals surface area (Å²) in [7, 11) is 0. The van der Waals surface area contributed by atoms with Gasteiger partial charge in [0.1, 0.15) is 6.10 Å². The maximum Gasteiger partial charge on any atom is 0.241 e. The van der Waals surface area contributed by atoms with Crippen LogP contribution < -0.4 is 5.32 Å². The zero-order valence-electron chi connectivity index (χ0n) is 13.4. The predicted octanol–water partition coefficient (Wildman–Crippen LogP) is 3.46. The number of amides is 1. The number of likely N-dealkylation sites (tertiary alicyclic amines) is 1. The van der Waals surface area contributed by atoms with Crippen LogP contribution in [0.4, 0.5) is 5.69 Å². The summed E-state index contributed by atoms with van der Waals surface area (Å²) in [4.78, 5) is 14.1. The molecule has 0 aromatic heterocycles. The lowest BCUT2D eigenvalue weighted by Gasteiger charge is -2.20. The lowest BCUT2D eigenvalue weighted by molar-refractivity contribution is -0.128. The molecule has 1 fully saturated rings. The molecule has 1 aliphatic rings. The molecule has 0 spiro atoms. The van der Waals surface area contributed by atoms with Crippen molar-refractivity contribution in [2.75, 3.05) is 25.0 Å². The number of carbonyl (C=O) groups excluding carboxylic acids is 1. The molecule has 1 saturated heterocycles. The van der Waals surface area contributed by atoms with Crippen molar-refractivity contribution in [3.63, 3.8) is 0 Å². The van der Waals surface area contributed by atoms with Gasteiger partial charge in [-0.05, 0) is 36.6 Å². The first-order valence-corrected chi connectivity index (χ1v) is 8.57. The Hall–Kier alpha value is -2.04. The third-order valence-corrected chi connectivity index (χ3v) is 4.55. The van der Waals surface area contributed by atoms with Gasteiger partial charge >= 0.3 is 0 Å². The van der Waals surface area contributed by atoms with E-state index in [0.29, 0.717) is 10.6 Å². The van der Waals surface area contributed by atoms with Crippen LogP contribution in [0.5, 0.6) is 0 Å². The van der Waals surface area contributed by atoms with E-state index in [0.717, 1.165) is 37.2 Å². The fourth-order valence-corrected chi connectivity index (χ4v) is 3.17. The molecule has 2 aromatic rings. The van der Waals surface area contributed by atoms with Crippen molar-refractivity contribution < 1.29 is 9.90 Å². The summed E-state index contributed by atoms with van der Waals surface area (Å²) in [5.74, 6) is 0.0857. The summed E-state index contributed by atoms with van der Waals surface area (Å²) in [6, 6.07) is 14.7. The predicted molar refractivity (Wildman–Crippen MR) is 96.3 cm³/mol. The molecule has 126 valence electrons. The highest BCUT2D eigenvalue weighted by Gasteiger charge is 2.19. The second-order valence-corrected chi connectivity index (χ2v) is 6.42. The van der Waals surface area contributed by atoms with Crippen molar-refractivity contribution in [3.05, 3.63) is 64.7 Å². The smallest absolute Gasteiger partial charge is 0.241 e. The minimum atomic E-state index is -0.797. The van der Waals surface area contributed by atoms with Gasteiger partial charge in [0.2, 0.25) is 5.91 Å². The summed E-state index contributed by atoms with van der Waals surface area (Å²) in [6.45, 7) is 1.89. The van der Waals surface area contributed by atoms with E-state index >= 15 is 0 Å². The van der Waals surface area contributed by atoms with Crippen molar-refractivity contribution in [2.24, 2.45) is 0 Å². The fourth-order valence-electron chi connectivity index (χ4n) is 2.98. The molecule has 0 radical (unpaired) electrons. The molecule has 1 heterocycles. The monoisotopic (exact) mass is 344 g/mol. The molecular weight excluding hydrogens is 324 g/mol. The van der Waals surface area contributed by atoms with E-state index in [2.05, 4.69) is 5.32 Å². The van der Waals surface area contributed by atoms with E-state index in [1.54, 1.807) is 18.2 Å². The normalized spacial score (nSPS) is 15.3. The van der Waals surface area contributed by atoms with Crippen molar-refractivity contribution in [3.8, 4) is 0 Å². The van der Waals surface area contributed by atoms with E-state index < -0.39 is 6.10 Å². The number of aliphatic hydroxyl groups excluding tert-OH is 1. The van der Waals surface area contributed by atoms with Crippen LogP contribution in [0.1, 0.15) is 30.1 Å². The van der Waals surface area contributed by atoms with Crippen LogP contribution in [0.25, 0.3) is 0 Å². The number of nitrogens with zero attached hydrogens (tertiary/aromatic N) is 1. The van der Waals surface area contributed by atoms with Crippen LogP contribution in [0.3, 0.4) is 0 Å². The van der Waals surface area contributed by atoms with Crippen molar-refractivity contribution in [2.45, 2.75) is 18.9 Å². The van der Waals surface area contributed by atoms with Gasteiger partial charge in [-0.2, -0.15) is 0 Å². The molecule has 0 saturated carbocycles. The average molecular weight is 345 g/mol. The standard InChI is InChI=1S/C19H21ClN2O2/c20-15-8-9-17(21-13-18(23)22-10-4-5-11-22)16(12-15)19(24)14-6-2-1-3-7-14/h1-3,6-9,12,19,21,24H,4-5,10-11,13H2/t19-/m0/s1. The number of benzene rings is 2. The number of hydrogen-bond acceptors (Lipinski definition) is 3. The lowest BCUT2D eigenvalue weighted by Crippen LogP contribution is -2.33. The van der Waals surface area contributed by atoms with E-state index in [9.17, 15) is 9.90 Å². The molecule has 24 heavy (non-hydrogen) atoms. The van der Waals surface area contributed by atoms with E-state index in [1.807, 2.05) is 35.2 Å². The quantitative estimate of drug-likeness (QED) is 0.873. The minimum Gasteiger partial charge on any atom is -0.384 e. The second-order valence-electron chi connectivity index (χ2n) is 5.99. The Morgan fingerprint density at radius 3 is 2.58 bits per heavy atom. The average Bonchev–Trinajstić information content (AvgIpc) is 3.15. The first-order chi connectivity index (χ1) is 11.6. The molecule has 0 bridgehead atoms. The van der Waals surface area contributed by atoms with Crippen LogP contribution in [-0.4, -0.2) is 35.5 Å².